The molecule has 0 spiro atoms. The van der Waals surface area contributed by atoms with E-state index in [1.807, 2.05) is 0 Å². The summed E-state index contributed by atoms with van der Waals surface area (Å²) >= 11 is 0. The number of hydrogen-bond donors (Lipinski definition) is 4. The Morgan fingerprint density at radius 1 is 1.14 bits per heavy atom. The second-order valence-electron chi connectivity index (χ2n) is 10.3. The van der Waals surface area contributed by atoms with Crippen molar-refractivity contribution in [1.29, 1.82) is 0 Å². The largest absolute Gasteiger partial charge is 0.432 e. The van der Waals surface area contributed by atoms with Crippen LogP contribution in [0.15, 0.2) is 24.3 Å². The van der Waals surface area contributed by atoms with Gasteiger partial charge in [0.05, 0.1) is 12.1 Å². The summed E-state index contributed by atoms with van der Waals surface area (Å²) in [4.78, 5) is 13.0. The number of aliphatic hydroxyl groups is 1. The number of amides is 1. The normalized spacial score (nSPS) is 24.3. The summed E-state index contributed by atoms with van der Waals surface area (Å²) < 4.78 is 81.4. The number of carbonyl (C=O) groups is 1. The fourth-order valence-electron chi connectivity index (χ4n) is 4.34. The average Bonchev–Trinajstić information content (AvgIpc) is 3.66. The van der Waals surface area contributed by atoms with E-state index >= 15 is 0 Å². The number of nitrogens with one attached hydrogen (secondary N) is 3. The number of alkyl halides is 4. The molecule has 5 unspecified atom stereocenters. The minimum atomic E-state index is -3.85. The molecule has 208 valence electrons. The molecule has 1 heterocycles. The molecule has 1 amide bonds. The number of ether oxygens (including phenoxy) is 2. The Labute approximate surface area is 212 Å². The maximum Gasteiger partial charge on any atom is 0.410 e. The summed E-state index contributed by atoms with van der Waals surface area (Å²) in [6.07, 6.45) is -3.55. The summed E-state index contributed by atoms with van der Waals surface area (Å²) in [5.41, 5.74) is 0. The molecule has 0 bridgehead atoms. The van der Waals surface area contributed by atoms with Crippen molar-refractivity contribution in [2.24, 2.45) is 5.92 Å². The van der Waals surface area contributed by atoms with Crippen LogP contribution in [-0.2, 0) is 9.53 Å². The standard InChI is InChI=1S/C25H34F5N3O4/c1-2-18(20-21(36-20)23(35)32-16-7-8-16)33-22(34)19(12-24(27,28)11-14-3-4-14)31-13-25(29,30)37-17-9-5-15(26)6-10-17/h5-6,9-10,14,16,18-21,23,31-32,35H,2-4,7-8,11-13H2,1H3,(H,33,34). The first-order valence-electron chi connectivity index (χ1n) is 12.8. The van der Waals surface area contributed by atoms with E-state index in [2.05, 4.69) is 20.7 Å². The van der Waals surface area contributed by atoms with E-state index < -0.39 is 73.7 Å². The highest BCUT2D eigenvalue weighted by molar-refractivity contribution is 5.82. The number of benzene rings is 1. The molecular weight excluding hydrogens is 501 g/mol. The van der Waals surface area contributed by atoms with Crippen molar-refractivity contribution in [3.63, 3.8) is 0 Å². The quantitative estimate of drug-likeness (QED) is 0.147. The number of aliphatic hydroxyl groups excluding tert-OH is 1. The third-order valence-electron chi connectivity index (χ3n) is 6.76. The highest BCUT2D eigenvalue weighted by atomic mass is 19.3. The maximum atomic E-state index is 14.7. The summed E-state index contributed by atoms with van der Waals surface area (Å²) in [6, 6.07) is 1.94. The van der Waals surface area contributed by atoms with Gasteiger partial charge in [-0.3, -0.25) is 15.4 Å². The zero-order chi connectivity index (χ0) is 26.8. The van der Waals surface area contributed by atoms with Gasteiger partial charge >= 0.3 is 6.11 Å². The van der Waals surface area contributed by atoms with Gasteiger partial charge in [0, 0.05) is 18.9 Å². The van der Waals surface area contributed by atoms with Gasteiger partial charge in [0.2, 0.25) is 11.8 Å². The molecule has 2 saturated carbocycles. The zero-order valence-electron chi connectivity index (χ0n) is 20.6. The summed E-state index contributed by atoms with van der Waals surface area (Å²) in [7, 11) is 0. The molecule has 37 heavy (non-hydrogen) atoms. The van der Waals surface area contributed by atoms with Crippen LogP contribution >= 0.6 is 0 Å². The number of halogens is 5. The molecule has 12 heteroatoms. The van der Waals surface area contributed by atoms with Crippen LogP contribution in [0.3, 0.4) is 0 Å². The topological polar surface area (TPSA) is 95.2 Å². The lowest BCUT2D eigenvalue weighted by molar-refractivity contribution is -0.174. The first-order chi connectivity index (χ1) is 17.4. The summed E-state index contributed by atoms with van der Waals surface area (Å²) in [5.74, 6) is -5.17. The number of carbonyl (C=O) groups excluding carboxylic acids is 1. The molecular formula is C25H34F5N3O4. The second kappa shape index (κ2) is 11.4. The second-order valence-corrected chi connectivity index (χ2v) is 10.3. The van der Waals surface area contributed by atoms with Crippen molar-refractivity contribution in [2.45, 2.75) is 100 Å². The summed E-state index contributed by atoms with van der Waals surface area (Å²) in [6.45, 7) is 0.546. The van der Waals surface area contributed by atoms with Crippen molar-refractivity contribution in [3.8, 4) is 5.75 Å². The Kier molecular flexibility index (Phi) is 8.61. The van der Waals surface area contributed by atoms with Crippen molar-refractivity contribution in [2.75, 3.05) is 6.54 Å². The molecule has 3 fully saturated rings. The van der Waals surface area contributed by atoms with E-state index in [1.54, 1.807) is 6.92 Å². The Morgan fingerprint density at radius 3 is 2.41 bits per heavy atom. The molecule has 0 aromatic heterocycles. The molecule has 1 aromatic rings. The minimum absolute atomic E-state index is 0.133. The maximum absolute atomic E-state index is 14.7. The van der Waals surface area contributed by atoms with E-state index in [9.17, 15) is 31.9 Å². The average molecular weight is 536 g/mol. The SMILES string of the molecule is CCC(NC(=O)C(CC(F)(F)CC1CC1)NCC(F)(F)Oc1ccc(F)cc1)C1OC1C(O)NC1CC1. The first-order valence-corrected chi connectivity index (χ1v) is 12.8. The van der Waals surface area contributed by atoms with Crippen molar-refractivity contribution in [1.82, 2.24) is 16.0 Å². The molecule has 4 rings (SSSR count). The molecule has 1 aromatic carbocycles. The fraction of sp³-hybridized carbons (Fsp3) is 0.720. The van der Waals surface area contributed by atoms with Gasteiger partial charge in [0.1, 0.15) is 36.5 Å². The van der Waals surface area contributed by atoms with Gasteiger partial charge in [-0.15, -0.1) is 0 Å². The van der Waals surface area contributed by atoms with Gasteiger partial charge in [0.15, 0.2) is 0 Å². The van der Waals surface area contributed by atoms with Gasteiger partial charge in [-0.2, -0.15) is 8.78 Å². The number of hydrogen-bond acceptors (Lipinski definition) is 6. The Hall–Kier alpha value is -2.02. The van der Waals surface area contributed by atoms with E-state index in [0.29, 0.717) is 19.3 Å². The van der Waals surface area contributed by atoms with Crippen molar-refractivity contribution in [3.05, 3.63) is 30.1 Å². The third kappa shape index (κ3) is 8.76. The van der Waals surface area contributed by atoms with Gasteiger partial charge in [0.25, 0.3) is 0 Å². The van der Waals surface area contributed by atoms with Crippen molar-refractivity contribution < 1.29 is 41.3 Å². The first kappa shape index (κ1) is 28.0. The van der Waals surface area contributed by atoms with Crippen LogP contribution in [-0.4, -0.2) is 66.2 Å². The Morgan fingerprint density at radius 2 is 1.81 bits per heavy atom. The minimum Gasteiger partial charge on any atom is -0.432 e. The predicted molar refractivity (Wildman–Crippen MR) is 124 cm³/mol. The lowest BCUT2D eigenvalue weighted by atomic mass is 10.0. The van der Waals surface area contributed by atoms with Crippen molar-refractivity contribution >= 4 is 5.91 Å². The third-order valence-corrected chi connectivity index (χ3v) is 6.76. The lowest BCUT2D eigenvalue weighted by Crippen LogP contribution is -2.54. The molecule has 3 aliphatic rings. The molecule has 4 N–H and O–H groups in total. The Bertz CT molecular complexity index is 914. The van der Waals surface area contributed by atoms with Crippen LogP contribution in [0.1, 0.15) is 51.9 Å². The van der Waals surface area contributed by atoms with Crippen LogP contribution < -0.4 is 20.7 Å². The fourth-order valence-corrected chi connectivity index (χ4v) is 4.34. The van der Waals surface area contributed by atoms with Crippen LogP contribution in [0, 0.1) is 11.7 Å². The monoisotopic (exact) mass is 535 g/mol. The van der Waals surface area contributed by atoms with Gasteiger partial charge in [-0.05, 0) is 62.3 Å². The molecule has 1 aliphatic heterocycles. The van der Waals surface area contributed by atoms with Crippen LogP contribution in [0.5, 0.6) is 5.75 Å². The number of rotatable bonds is 16. The Balaban J connectivity index is 1.36. The van der Waals surface area contributed by atoms with Crippen LogP contribution in [0.4, 0.5) is 22.0 Å². The van der Waals surface area contributed by atoms with E-state index in [0.717, 1.165) is 37.1 Å². The molecule has 2 aliphatic carbocycles. The molecule has 0 radical (unpaired) electrons. The highest BCUT2D eigenvalue weighted by Gasteiger charge is 2.51. The molecule has 1 saturated heterocycles. The zero-order valence-corrected chi connectivity index (χ0v) is 20.6. The van der Waals surface area contributed by atoms with Crippen LogP contribution in [0.25, 0.3) is 0 Å². The van der Waals surface area contributed by atoms with Crippen LogP contribution in [0.2, 0.25) is 0 Å². The number of epoxide rings is 1. The summed E-state index contributed by atoms with van der Waals surface area (Å²) in [5, 5.41) is 18.1. The van der Waals surface area contributed by atoms with Gasteiger partial charge in [-0.25, -0.2) is 13.2 Å². The molecule has 7 nitrogen and oxygen atoms in total. The van der Waals surface area contributed by atoms with Gasteiger partial charge in [-0.1, -0.05) is 6.92 Å². The predicted octanol–water partition coefficient (Wildman–Crippen LogP) is 3.31. The van der Waals surface area contributed by atoms with E-state index in [1.165, 1.54) is 0 Å². The van der Waals surface area contributed by atoms with Gasteiger partial charge < -0.3 is 19.9 Å². The molecule has 5 atom stereocenters. The lowest BCUT2D eigenvalue weighted by Gasteiger charge is -2.27. The highest BCUT2D eigenvalue weighted by Crippen LogP contribution is 2.41. The van der Waals surface area contributed by atoms with E-state index in [-0.39, 0.29) is 17.7 Å². The smallest absolute Gasteiger partial charge is 0.410 e. The van der Waals surface area contributed by atoms with E-state index in [4.69, 9.17) is 4.74 Å².